The van der Waals surface area contributed by atoms with E-state index in [9.17, 15) is 9.50 Å². The van der Waals surface area contributed by atoms with Crippen LogP contribution in [0, 0.1) is 5.82 Å². The van der Waals surface area contributed by atoms with Crippen LogP contribution in [0.1, 0.15) is 13.8 Å². The molecule has 0 saturated heterocycles. The van der Waals surface area contributed by atoms with E-state index in [4.69, 9.17) is 0 Å². The van der Waals surface area contributed by atoms with E-state index in [2.05, 4.69) is 15.5 Å². The summed E-state index contributed by atoms with van der Waals surface area (Å²) in [6, 6.07) is 4.17. The lowest BCUT2D eigenvalue weighted by Gasteiger charge is -2.09. The molecule has 1 heterocycles. The first kappa shape index (κ1) is 12.3. The Hall–Kier alpha value is -2.11. The second kappa shape index (κ2) is 5.03. The van der Waals surface area contributed by atoms with Gasteiger partial charge in [-0.3, -0.25) is 4.57 Å². The average molecular weight is 250 g/mol. The first-order chi connectivity index (χ1) is 8.69. The lowest BCUT2D eigenvalue weighted by Crippen LogP contribution is -2.07. The minimum atomic E-state index is -0.514. The van der Waals surface area contributed by atoms with Crippen LogP contribution in [0.5, 0.6) is 5.75 Å². The van der Waals surface area contributed by atoms with Gasteiger partial charge in [0.2, 0.25) is 5.95 Å². The second-order valence-corrected chi connectivity index (χ2v) is 3.76. The number of aromatic hydroxyl groups is 1. The van der Waals surface area contributed by atoms with Gasteiger partial charge in [0.15, 0.2) is 5.82 Å². The number of nitrogens with zero attached hydrogens (tertiary/aromatic N) is 3. The number of hydrogen-bond donors (Lipinski definition) is 2. The lowest BCUT2D eigenvalue weighted by atomic mass is 10.1. The van der Waals surface area contributed by atoms with Crippen LogP contribution in [0.3, 0.4) is 0 Å². The fourth-order valence-corrected chi connectivity index (χ4v) is 1.81. The minimum Gasteiger partial charge on any atom is -0.507 e. The van der Waals surface area contributed by atoms with E-state index >= 15 is 0 Å². The van der Waals surface area contributed by atoms with E-state index in [0.717, 1.165) is 0 Å². The molecule has 0 unspecified atom stereocenters. The van der Waals surface area contributed by atoms with Crippen LogP contribution in [0.15, 0.2) is 18.2 Å². The Morgan fingerprint density at radius 3 is 2.72 bits per heavy atom. The molecule has 5 nitrogen and oxygen atoms in total. The van der Waals surface area contributed by atoms with Crippen LogP contribution >= 0.6 is 0 Å². The van der Waals surface area contributed by atoms with Crippen molar-refractivity contribution >= 4 is 5.95 Å². The summed E-state index contributed by atoms with van der Waals surface area (Å²) in [7, 11) is 0. The summed E-state index contributed by atoms with van der Waals surface area (Å²) >= 11 is 0. The van der Waals surface area contributed by atoms with E-state index < -0.39 is 5.82 Å². The van der Waals surface area contributed by atoms with Crippen molar-refractivity contribution in [2.45, 2.75) is 20.4 Å². The maximum absolute atomic E-state index is 13.8. The Balaban J connectivity index is 2.57. The third-order valence-corrected chi connectivity index (χ3v) is 2.62. The zero-order valence-electron chi connectivity index (χ0n) is 10.3. The van der Waals surface area contributed by atoms with E-state index in [1.54, 1.807) is 4.57 Å². The number of nitrogens with one attached hydrogen (secondary N) is 1. The molecule has 2 aromatic rings. The average Bonchev–Trinajstić information content (AvgIpc) is 2.72. The standard InChI is InChI=1S/C12H15FN4O/c1-3-14-12-16-15-11(17(12)4-2)10-8(13)6-5-7-9(10)18/h5-7,18H,3-4H2,1-2H3,(H,14,16). The molecule has 2 N–H and O–H groups in total. The maximum atomic E-state index is 13.8. The van der Waals surface area contributed by atoms with Crippen molar-refractivity contribution in [2.75, 3.05) is 11.9 Å². The van der Waals surface area contributed by atoms with Crippen molar-refractivity contribution in [3.8, 4) is 17.1 Å². The summed E-state index contributed by atoms with van der Waals surface area (Å²) in [5, 5.41) is 20.7. The predicted molar refractivity (Wildman–Crippen MR) is 66.9 cm³/mol. The number of benzene rings is 1. The molecule has 18 heavy (non-hydrogen) atoms. The highest BCUT2D eigenvalue weighted by Crippen LogP contribution is 2.31. The van der Waals surface area contributed by atoms with Crippen LogP contribution < -0.4 is 5.32 Å². The molecule has 1 aromatic carbocycles. The summed E-state index contributed by atoms with van der Waals surface area (Å²) in [6.07, 6.45) is 0. The monoisotopic (exact) mass is 250 g/mol. The van der Waals surface area contributed by atoms with Gasteiger partial charge in [-0.15, -0.1) is 10.2 Å². The number of aromatic nitrogens is 3. The Kier molecular flexibility index (Phi) is 3.45. The van der Waals surface area contributed by atoms with Crippen LogP contribution in [-0.4, -0.2) is 26.4 Å². The molecule has 96 valence electrons. The molecule has 0 fully saturated rings. The molecule has 0 radical (unpaired) electrons. The molecular formula is C12H15FN4O. The molecular weight excluding hydrogens is 235 g/mol. The zero-order valence-corrected chi connectivity index (χ0v) is 10.3. The molecule has 6 heteroatoms. The zero-order chi connectivity index (χ0) is 13.1. The van der Waals surface area contributed by atoms with Crippen molar-refractivity contribution in [3.63, 3.8) is 0 Å². The highest BCUT2D eigenvalue weighted by Gasteiger charge is 2.18. The van der Waals surface area contributed by atoms with Gasteiger partial charge >= 0.3 is 0 Å². The van der Waals surface area contributed by atoms with E-state index in [1.165, 1.54) is 18.2 Å². The number of phenols is 1. The Bertz CT molecular complexity index is 533. The van der Waals surface area contributed by atoms with Crippen LogP contribution in [0.4, 0.5) is 10.3 Å². The number of halogens is 1. The summed E-state index contributed by atoms with van der Waals surface area (Å²) in [4.78, 5) is 0. The van der Waals surface area contributed by atoms with Crippen molar-refractivity contribution < 1.29 is 9.50 Å². The van der Waals surface area contributed by atoms with E-state index in [-0.39, 0.29) is 11.3 Å². The molecule has 0 aliphatic rings. The summed E-state index contributed by atoms with van der Waals surface area (Å²) in [6.45, 7) is 5.13. The molecule has 2 rings (SSSR count). The smallest absolute Gasteiger partial charge is 0.224 e. The number of hydrogen-bond acceptors (Lipinski definition) is 4. The lowest BCUT2D eigenvalue weighted by molar-refractivity contribution is 0.470. The molecule has 1 aromatic heterocycles. The highest BCUT2D eigenvalue weighted by atomic mass is 19.1. The molecule has 0 saturated carbocycles. The first-order valence-electron chi connectivity index (χ1n) is 5.84. The van der Waals surface area contributed by atoms with Crippen molar-refractivity contribution in [3.05, 3.63) is 24.0 Å². The van der Waals surface area contributed by atoms with E-state index in [0.29, 0.717) is 24.9 Å². The minimum absolute atomic E-state index is 0.0796. The van der Waals surface area contributed by atoms with Gasteiger partial charge in [-0.2, -0.15) is 0 Å². The molecule has 0 aliphatic heterocycles. The van der Waals surface area contributed by atoms with Crippen LogP contribution in [-0.2, 0) is 6.54 Å². The van der Waals surface area contributed by atoms with Gasteiger partial charge in [0, 0.05) is 13.1 Å². The van der Waals surface area contributed by atoms with Gasteiger partial charge in [0.05, 0.1) is 5.56 Å². The van der Waals surface area contributed by atoms with Crippen LogP contribution in [0.2, 0.25) is 0 Å². The number of anilines is 1. The Labute approximate surface area is 104 Å². The first-order valence-corrected chi connectivity index (χ1v) is 5.84. The molecule has 0 atom stereocenters. The Morgan fingerprint density at radius 1 is 1.33 bits per heavy atom. The summed E-state index contributed by atoms with van der Waals surface area (Å²) in [5.41, 5.74) is 0.0796. The number of phenolic OH excluding ortho intramolecular Hbond substituents is 1. The topological polar surface area (TPSA) is 63.0 Å². The third kappa shape index (κ3) is 2.01. The molecule has 0 amide bonds. The maximum Gasteiger partial charge on any atom is 0.224 e. The SMILES string of the molecule is CCNc1nnc(-c2c(O)cccc2F)n1CC. The van der Waals surface area contributed by atoms with Gasteiger partial charge in [0.1, 0.15) is 11.6 Å². The Morgan fingerprint density at radius 2 is 2.11 bits per heavy atom. The molecule has 0 bridgehead atoms. The molecule has 0 spiro atoms. The summed E-state index contributed by atoms with van der Waals surface area (Å²) in [5.74, 6) is 0.238. The fraction of sp³-hybridized carbons (Fsp3) is 0.333. The highest BCUT2D eigenvalue weighted by molar-refractivity contribution is 5.65. The van der Waals surface area contributed by atoms with Crippen molar-refractivity contribution in [2.24, 2.45) is 0 Å². The van der Waals surface area contributed by atoms with Crippen molar-refractivity contribution in [1.82, 2.24) is 14.8 Å². The quantitative estimate of drug-likeness (QED) is 0.873. The largest absolute Gasteiger partial charge is 0.507 e. The van der Waals surface area contributed by atoms with Crippen molar-refractivity contribution in [1.29, 1.82) is 0 Å². The molecule has 0 aliphatic carbocycles. The van der Waals surface area contributed by atoms with Gasteiger partial charge in [0.25, 0.3) is 0 Å². The van der Waals surface area contributed by atoms with Gasteiger partial charge in [-0.05, 0) is 26.0 Å². The fourth-order valence-electron chi connectivity index (χ4n) is 1.81. The predicted octanol–water partition coefficient (Wildman–Crippen LogP) is 2.24. The number of rotatable bonds is 4. The van der Waals surface area contributed by atoms with Crippen LogP contribution in [0.25, 0.3) is 11.4 Å². The summed E-state index contributed by atoms with van der Waals surface area (Å²) < 4.78 is 15.5. The van der Waals surface area contributed by atoms with Gasteiger partial charge < -0.3 is 10.4 Å². The van der Waals surface area contributed by atoms with Gasteiger partial charge in [-0.25, -0.2) is 4.39 Å². The van der Waals surface area contributed by atoms with E-state index in [1.807, 2.05) is 13.8 Å². The third-order valence-electron chi connectivity index (χ3n) is 2.62. The normalized spacial score (nSPS) is 10.6. The second-order valence-electron chi connectivity index (χ2n) is 3.76. The van der Waals surface area contributed by atoms with Gasteiger partial charge in [-0.1, -0.05) is 6.07 Å².